The highest BCUT2D eigenvalue weighted by molar-refractivity contribution is 6.03. The van der Waals surface area contributed by atoms with Crippen molar-refractivity contribution in [1.82, 2.24) is 19.3 Å². The van der Waals surface area contributed by atoms with Gasteiger partial charge in [0.05, 0.1) is 23.8 Å². The van der Waals surface area contributed by atoms with E-state index in [9.17, 15) is 4.79 Å². The molecular weight excluding hydrogens is 424 g/mol. The maximum absolute atomic E-state index is 13.3. The van der Waals surface area contributed by atoms with Gasteiger partial charge in [0.2, 0.25) is 0 Å². The molecular formula is C27H30N6O. The van der Waals surface area contributed by atoms with Crippen molar-refractivity contribution < 1.29 is 4.79 Å². The van der Waals surface area contributed by atoms with Crippen molar-refractivity contribution in [2.45, 2.75) is 45.2 Å². The minimum atomic E-state index is -0.201. The van der Waals surface area contributed by atoms with E-state index in [1.165, 1.54) is 19.3 Å². The number of hydrogen-bond donors (Lipinski definition) is 2. The predicted octanol–water partition coefficient (Wildman–Crippen LogP) is 4.87. The Bertz CT molecular complexity index is 1270. The molecule has 1 saturated carbocycles. The molecule has 1 aliphatic rings. The molecule has 1 fully saturated rings. The summed E-state index contributed by atoms with van der Waals surface area (Å²) in [6, 6.07) is 17.9. The second-order valence-corrected chi connectivity index (χ2v) is 9.08. The highest BCUT2D eigenvalue weighted by atomic mass is 16.2. The van der Waals surface area contributed by atoms with Crippen LogP contribution in [0.25, 0.3) is 5.69 Å². The van der Waals surface area contributed by atoms with Gasteiger partial charge in [-0.25, -0.2) is 9.67 Å². The lowest BCUT2D eigenvalue weighted by Crippen LogP contribution is -2.17. The van der Waals surface area contributed by atoms with Crippen LogP contribution in [-0.4, -0.2) is 25.2 Å². The number of carbonyl (C=O) groups excluding carboxylic acids is 1. The molecule has 0 bridgehead atoms. The third kappa shape index (κ3) is 4.94. The van der Waals surface area contributed by atoms with E-state index in [4.69, 9.17) is 5.73 Å². The Morgan fingerprint density at radius 3 is 2.79 bits per heavy atom. The summed E-state index contributed by atoms with van der Waals surface area (Å²) in [6.45, 7) is 2.32. The van der Waals surface area contributed by atoms with Crippen molar-refractivity contribution >= 4 is 11.6 Å². The Morgan fingerprint density at radius 1 is 1.18 bits per heavy atom. The molecule has 2 aromatic heterocycles. The molecule has 1 unspecified atom stereocenters. The molecule has 4 aromatic rings. The molecule has 7 heteroatoms. The lowest BCUT2D eigenvalue weighted by atomic mass is 9.99. The van der Waals surface area contributed by atoms with Gasteiger partial charge in [-0.05, 0) is 67.1 Å². The normalized spacial score (nSPS) is 14.2. The standard InChI is InChI=1S/C27H30N6O/c1-19-14-26(33(31-19)24-7-2-4-21(15-24)17-28)27(34)30-23-6-3-5-22(16-23)25(11-10-20-8-9-20)32-13-12-29-18-32/h2-7,12-16,18,20,25H,8-11,17,28H2,1H3,(H,30,34). The summed E-state index contributed by atoms with van der Waals surface area (Å²) in [7, 11) is 0. The summed E-state index contributed by atoms with van der Waals surface area (Å²) in [4.78, 5) is 17.5. The van der Waals surface area contributed by atoms with Crippen LogP contribution < -0.4 is 11.1 Å². The minimum Gasteiger partial charge on any atom is -0.330 e. The summed E-state index contributed by atoms with van der Waals surface area (Å²) in [5, 5.41) is 7.63. The molecule has 0 spiro atoms. The molecule has 0 saturated heterocycles. The van der Waals surface area contributed by atoms with Crippen LogP contribution in [0.4, 0.5) is 5.69 Å². The van der Waals surface area contributed by atoms with E-state index in [0.29, 0.717) is 12.2 Å². The van der Waals surface area contributed by atoms with Crippen LogP contribution in [0.15, 0.2) is 73.3 Å². The Hall–Kier alpha value is -3.71. The number of nitrogens with zero attached hydrogens (tertiary/aromatic N) is 4. The number of aromatic nitrogens is 4. The maximum Gasteiger partial charge on any atom is 0.274 e. The lowest BCUT2D eigenvalue weighted by molar-refractivity contribution is 0.101. The highest BCUT2D eigenvalue weighted by Crippen LogP contribution is 2.37. The van der Waals surface area contributed by atoms with Crippen molar-refractivity contribution in [1.29, 1.82) is 0 Å². The highest BCUT2D eigenvalue weighted by Gasteiger charge is 2.24. The van der Waals surface area contributed by atoms with E-state index in [-0.39, 0.29) is 11.9 Å². The molecule has 5 rings (SSSR count). The SMILES string of the molecule is Cc1cc(C(=O)Nc2cccc(C(CCC3CC3)n3ccnc3)c2)n(-c2cccc(CN)c2)n1. The van der Waals surface area contributed by atoms with Gasteiger partial charge in [0.1, 0.15) is 5.69 Å². The van der Waals surface area contributed by atoms with Gasteiger partial charge in [-0.2, -0.15) is 5.10 Å². The van der Waals surface area contributed by atoms with Gasteiger partial charge >= 0.3 is 0 Å². The molecule has 1 amide bonds. The van der Waals surface area contributed by atoms with Gasteiger partial charge in [0, 0.05) is 24.6 Å². The molecule has 1 aliphatic carbocycles. The summed E-state index contributed by atoms with van der Waals surface area (Å²) >= 11 is 0. The predicted molar refractivity (Wildman–Crippen MR) is 133 cm³/mol. The second-order valence-electron chi connectivity index (χ2n) is 9.08. The number of amides is 1. The second kappa shape index (κ2) is 9.65. The summed E-state index contributed by atoms with van der Waals surface area (Å²) < 4.78 is 3.84. The third-order valence-corrected chi connectivity index (χ3v) is 6.41. The van der Waals surface area contributed by atoms with Crippen molar-refractivity contribution in [3.05, 3.63) is 95.8 Å². The summed E-state index contributed by atoms with van der Waals surface area (Å²) in [5.41, 5.74) is 10.8. The molecule has 0 radical (unpaired) electrons. The first-order valence-electron chi connectivity index (χ1n) is 11.9. The van der Waals surface area contributed by atoms with Gasteiger partial charge in [-0.3, -0.25) is 4.79 Å². The fraction of sp³-hybridized carbons (Fsp3) is 0.296. The number of carbonyl (C=O) groups is 1. The molecule has 34 heavy (non-hydrogen) atoms. The molecule has 174 valence electrons. The average molecular weight is 455 g/mol. The summed E-state index contributed by atoms with van der Waals surface area (Å²) in [5.74, 6) is 0.656. The maximum atomic E-state index is 13.3. The first kappa shape index (κ1) is 22.1. The minimum absolute atomic E-state index is 0.201. The van der Waals surface area contributed by atoms with E-state index in [0.717, 1.165) is 40.5 Å². The van der Waals surface area contributed by atoms with Crippen LogP contribution in [-0.2, 0) is 6.54 Å². The monoisotopic (exact) mass is 454 g/mol. The molecule has 3 N–H and O–H groups in total. The van der Waals surface area contributed by atoms with Crippen LogP contribution in [0, 0.1) is 12.8 Å². The molecule has 1 atom stereocenters. The van der Waals surface area contributed by atoms with Gasteiger partial charge in [-0.15, -0.1) is 0 Å². The Kier molecular flexibility index (Phi) is 6.27. The van der Waals surface area contributed by atoms with Crippen LogP contribution in [0.1, 0.15) is 59.0 Å². The van der Waals surface area contributed by atoms with Crippen molar-refractivity contribution in [2.75, 3.05) is 5.32 Å². The number of rotatable bonds is 9. The molecule has 0 aliphatic heterocycles. The van der Waals surface area contributed by atoms with E-state index in [1.807, 2.05) is 62.0 Å². The lowest BCUT2D eigenvalue weighted by Gasteiger charge is -2.20. The van der Waals surface area contributed by atoms with Crippen LogP contribution >= 0.6 is 0 Å². The van der Waals surface area contributed by atoms with Gasteiger partial charge in [0.15, 0.2) is 0 Å². The van der Waals surface area contributed by atoms with Crippen molar-refractivity contribution in [3.8, 4) is 5.69 Å². The Labute approximate surface area is 199 Å². The fourth-order valence-electron chi connectivity index (χ4n) is 4.43. The van der Waals surface area contributed by atoms with Crippen LogP contribution in [0.5, 0.6) is 0 Å². The zero-order valence-electron chi connectivity index (χ0n) is 19.4. The number of nitrogens with one attached hydrogen (secondary N) is 1. The number of benzene rings is 2. The number of aryl methyl sites for hydroxylation is 1. The number of anilines is 1. The summed E-state index contributed by atoms with van der Waals surface area (Å²) in [6.07, 6.45) is 10.7. The van der Waals surface area contributed by atoms with Gasteiger partial charge in [0.25, 0.3) is 5.91 Å². The van der Waals surface area contributed by atoms with Gasteiger partial charge in [-0.1, -0.05) is 37.1 Å². The zero-order chi connectivity index (χ0) is 23.5. The molecule has 2 aromatic carbocycles. The Morgan fingerprint density at radius 2 is 2.03 bits per heavy atom. The van der Waals surface area contributed by atoms with Crippen LogP contribution in [0.3, 0.4) is 0 Å². The van der Waals surface area contributed by atoms with Gasteiger partial charge < -0.3 is 15.6 Å². The van der Waals surface area contributed by atoms with Crippen molar-refractivity contribution in [2.24, 2.45) is 11.7 Å². The van der Waals surface area contributed by atoms with E-state index >= 15 is 0 Å². The molecule has 2 heterocycles. The topological polar surface area (TPSA) is 90.8 Å². The first-order valence-corrected chi connectivity index (χ1v) is 11.9. The first-order chi connectivity index (χ1) is 16.6. The smallest absolute Gasteiger partial charge is 0.274 e. The third-order valence-electron chi connectivity index (χ3n) is 6.41. The number of hydrogen-bond acceptors (Lipinski definition) is 4. The van der Waals surface area contributed by atoms with E-state index in [2.05, 4.69) is 32.1 Å². The van der Waals surface area contributed by atoms with Crippen molar-refractivity contribution in [3.63, 3.8) is 0 Å². The largest absolute Gasteiger partial charge is 0.330 e. The molecule has 7 nitrogen and oxygen atoms in total. The Balaban J connectivity index is 1.39. The zero-order valence-corrected chi connectivity index (χ0v) is 19.4. The number of imidazole rings is 1. The van der Waals surface area contributed by atoms with E-state index in [1.54, 1.807) is 10.7 Å². The fourth-order valence-corrected chi connectivity index (χ4v) is 4.43. The average Bonchev–Trinajstić information content (AvgIpc) is 3.35. The van der Waals surface area contributed by atoms with E-state index < -0.39 is 0 Å². The number of nitrogens with two attached hydrogens (primary N) is 1. The van der Waals surface area contributed by atoms with Crippen LogP contribution in [0.2, 0.25) is 0 Å². The quantitative estimate of drug-likeness (QED) is 0.378.